The molecule has 0 amide bonds. The molecule has 0 fully saturated rings. The maximum Gasteiger partial charge on any atom is 0.295 e. The Labute approximate surface area is 69.8 Å². The van der Waals surface area contributed by atoms with Crippen LogP contribution in [-0.4, -0.2) is 19.9 Å². The van der Waals surface area contributed by atoms with Gasteiger partial charge in [0.05, 0.1) is 6.33 Å². The van der Waals surface area contributed by atoms with Crippen molar-refractivity contribution in [3.8, 4) is 0 Å². The lowest BCUT2D eigenvalue weighted by Gasteiger charge is -1.87. The van der Waals surface area contributed by atoms with Gasteiger partial charge in [0.15, 0.2) is 17.0 Å². The zero-order valence-electron chi connectivity index (χ0n) is 6.21. The van der Waals surface area contributed by atoms with Crippen LogP contribution >= 0.6 is 0 Å². The van der Waals surface area contributed by atoms with Gasteiger partial charge in [-0.25, -0.2) is 18.7 Å². The van der Waals surface area contributed by atoms with Gasteiger partial charge in [0.2, 0.25) is 0 Å². The number of rotatable bonds is 1. The minimum Gasteiger partial charge on any atom is -0.331 e. The largest absolute Gasteiger partial charge is 0.331 e. The van der Waals surface area contributed by atoms with Crippen molar-refractivity contribution in [2.45, 2.75) is 6.43 Å². The Bertz CT molecular complexity index is 489. The number of halogens is 2. The van der Waals surface area contributed by atoms with E-state index in [4.69, 9.17) is 0 Å². The number of nitrogens with one attached hydrogen (secondary N) is 2. The first-order valence-corrected chi connectivity index (χ1v) is 3.40. The number of H-pyrrole nitrogens is 2. The van der Waals surface area contributed by atoms with Gasteiger partial charge in [-0.2, -0.15) is 0 Å². The monoisotopic (exact) mass is 186 g/mol. The van der Waals surface area contributed by atoms with E-state index in [9.17, 15) is 13.6 Å². The number of hydrogen-bond acceptors (Lipinski definition) is 3. The number of imidazole rings is 1. The maximum atomic E-state index is 12.1. The molecule has 2 N–H and O–H groups in total. The fraction of sp³-hybridized carbons (Fsp3) is 0.167. The Morgan fingerprint density at radius 1 is 1.46 bits per heavy atom. The van der Waals surface area contributed by atoms with Gasteiger partial charge in [-0.3, -0.25) is 4.79 Å². The van der Waals surface area contributed by atoms with Crippen molar-refractivity contribution >= 4 is 11.2 Å². The van der Waals surface area contributed by atoms with Gasteiger partial charge in [-0.05, 0) is 0 Å². The maximum absolute atomic E-state index is 12.1. The van der Waals surface area contributed by atoms with Crippen molar-refractivity contribution < 1.29 is 8.78 Å². The second-order valence-electron chi connectivity index (χ2n) is 2.35. The SMILES string of the molecule is O=c1[nH]cnc2nc(C(F)F)[nH]c12. The molecule has 2 heterocycles. The van der Waals surface area contributed by atoms with Crippen molar-refractivity contribution in [3.05, 3.63) is 22.5 Å². The van der Waals surface area contributed by atoms with Crippen LogP contribution in [0.4, 0.5) is 8.78 Å². The van der Waals surface area contributed by atoms with E-state index >= 15 is 0 Å². The molecule has 0 aliphatic rings. The van der Waals surface area contributed by atoms with Crippen molar-refractivity contribution in [2.24, 2.45) is 0 Å². The molecule has 13 heavy (non-hydrogen) atoms. The highest BCUT2D eigenvalue weighted by Gasteiger charge is 2.14. The van der Waals surface area contributed by atoms with Gasteiger partial charge in [-0.1, -0.05) is 0 Å². The quantitative estimate of drug-likeness (QED) is 0.684. The Morgan fingerprint density at radius 3 is 2.85 bits per heavy atom. The first-order valence-electron chi connectivity index (χ1n) is 3.40. The molecule has 0 bridgehead atoms. The Balaban J connectivity index is 2.76. The Hall–Kier alpha value is -1.79. The summed E-state index contributed by atoms with van der Waals surface area (Å²) < 4.78 is 24.2. The molecule has 0 aromatic carbocycles. The first-order chi connectivity index (χ1) is 6.18. The summed E-state index contributed by atoms with van der Waals surface area (Å²) in [5, 5.41) is 0. The summed E-state index contributed by atoms with van der Waals surface area (Å²) >= 11 is 0. The lowest BCUT2D eigenvalue weighted by atomic mass is 10.6. The number of hydrogen-bond donors (Lipinski definition) is 2. The molecular weight excluding hydrogens is 182 g/mol. The Morgan fingerprint density at radius 2 is 2.23 bits per heavy atom. The summed E-state index contributed by atoms with van der Waals surface area (Å²) in [7, 11) is 0. The van der Waals surface area contributed by atoms with E-state index < -0.39 is 17.8 Å². The van der Waals surface area contributed by atoms with E-state index in [1.807, 2.05) is 0 Å². The second kappa shape index (κ2) is 2.61. The highest BCUT2D eigenvalue weighted by Crippen LogP contribution is 2.15. The molecule has 0 atom stereocenters. The summed E-state index contributed by atoms with van der Waals surface area (Å²) in [6, 6.07) is 0. The van der Waals surface area contributed by atoms with Gasteiger partial charge in [0, 0.05) is 0 Å². The topological polar surface area (TPSA) is 74.4 Å². The van der Waals surface area contributed by atoms with E-state index in [0.29, 0.717) is 0 Å². The average Bonchev–Trinajstić information content (AvgIpc) is 2.49. The summed E-state index contributed by atoms with van der Waals surface area (Å²) in [5.41, 5.74) is -0.541. The summed E-state index contributed by atoms with van der Waals surface area (Å²) in [6.07, 6.45) is -1.62. The zero-order chi connectivity index (χ0) is 9.42. The van der Waals surface area contributed by atoms with E-state index in [2.05, 4.69) is 19.9 Å². The molecule has 0 radical (unpaired) electrons. The fourth-order valence-corrected chi connectivity index (χ4v) is 0.961. The zero-order valence-corrected chi connectivity index (χ0v) is 6.21. The van der Waals surface area contributed by atoms with Crippen LogP contribution in [0.3, 0.4) is 0 Å². The third-order valence-electron chi connectivity index (χ3n) is 1.52. The molecule has 0 spiro atoms. The van der Waals surface area contributed by atoms with Crippen LogP contribution < -0.4 is 5.56 Å². The summed E-state index contributed by atoms with van der Waals surface area (Å²) in [5.74, 6) is -0.542. The number of alkyl halides is 2. The van der Waals surface area contributed by atoms with E-state index in [-0.39, 0.29) is 11.2 Å². The lowest BCUT2D eigenvalue weighted by molar-refractivity contribution is 0.142. The molecule has 7 heteroatoms. The van der Waals surface area contributed by atoms with Gasteiger partial charge in [0.1, 0.15) is 0 Å². The normalized spacial score (nSPS) is 11.3. The molecule has 68 valence electrons. The van der Waals surface area contributed by atoms with Crippen molar-refractivity contribution in [2.75, 3.05) is 0 Å². The van der Waals surface area contributed by atoms with Crippen LogP contribution in [0.25, 0.3) is 11.2 Å². The molecule has 2 aromatic heterocycles. The van der Waals surface area contributed by atoms with Gasteiger partial charge in [0.25, 0.3) is 12.0 Å². The number of fused-ring (bicyclic) bond motifs is 1. The molecule has 2 rings (SSSR count). The predicted molar refractivity (Wildman–Crippen MR) is 39.5 cm³/mol. The highest BCUT2D eigenvalue weighted by atomic mass is 19.3. The van der Waals surface area contributed by atoms with E-state index in [1.165, 1.54) is 0 Å². The van der Waals surface area contributed by atoms with E-state index in [1.54, 1.807) is 0 Å². The number of aromatic nitrogens is 4. The minimum absolute atomic E-state index is 0.000880. The first kappa shape index (κ1) is 7.84. The smallest absolute Gasteiger partial charge is 0.295 e. The standard InChI is InChI=1S/C6H4F2N4O/c7-3(8)5-11-2-4(12-5)9-1-10-6(2)13/h1,3H,(H2,9,10,11,12,13). The molecule has 0 unspecified atom stereocenters. The van der Waals surface area contributed by atoms with Crippen molar-refractivity contribution in [1.29, 1.82) is 0 Å². The molecule has 5 nitrogen and oxygen atoms in total. The number of aromatic amines is 2. The Kier molecular flexibility index (Phi) is 1.57. The molecule has 0 saturated carbocycles. The van der Waals surface area contributed by atoms with Crippen LogP contribution in [0, 0.1) is 0 Å². The second-order valence-corrected chi connectivity index (χ2v) is 2.35. The average molecular weight is 186 g/mol. The number of nitrogens with zero attached hydrogens (tertiary/aromatic N) is 2. The molecule has 0 saturated heterocycles. The van der Waals surface area contributed by atoms with Crippen LogP contribution in [0.1, 0.15) is 12.2 Å². The highest BCUT2D eigenvalue weighted by molar-refractivity contribution is 5.68. The molecule has 0 aliphatic heterocycles. The minimum atomic E-state index is -2.73. The predicted octanol–water partition coefficient (Wildman–Crippen LogP) is 0.584. The van der Waals surface area contributed by atoms with Gasteiger partial charge in [-0.15, -0.1) is 0 Å². The van der Waals surface area contributed by atoms with Crippen LogP contribution in [-0.2, 0) is 0 Å². The van der Waals surface area contributed by atoms with Crippen LogP contribution in [0.5, 0.6) is 0 Å². The third-order valence-corrected chi connectivity index (χ3v) is 1.52. The van der Waals surface area contributed by atoms with Crippen LogP contribution in [0.15, 0.2) is 11.1 Å². The molecule has 0 aliphatic carbocycles. The fourth-order valence-electron chi connectivity index (χ4n) is 0.961. The summed E-state index contributed by atoms with van der Waals surface area (Å²) in [4.78, 5) is 22.5. The van der Waals surface area contributed by atoms with Crippen molar-refractivity contribution in [1.82, 2.24) is 19.9 Å². The molecule has 2 aromatic rings. The van der Waals surface area contributed by atoms with Gasteiger partial charge < -0.3 is 9.97 Å². The van der Waals surface area contributed by atoms with Crippen LogP contribution in [0.2, 0.25) is 0 Å². The summed E-state index contributed by atoms with van der Waals surface area (Å²) in [6.45, 7) is 0. The van der Waals surface area contributed by atoms with Gasteiger partial charge >= 0.3 is 0 Å². The molecular formula is C6H4F2N4O. The van der Waals surface area contributed by atoms with Crippen molar-refractivity contribution in [3.63, 3.8) is 0 Å². The third kappa shape index (κ3) is 1.17. The van der Waals surface area contributed by atoms with E-state index in [0.717, 1.165) is 6.33 Å². The lowest BCUT2D eigenvalue weighted by Crippen LogP contribution is -2.05.